The minimum absolute atomic E-state index is 0.0963. The minimum atomic E-state index is -3.61. The molecule has 1 aliphatic rings. The number of nitrogens with zero attached hydrogens (tertiary/aromatic N) is 1. The number of carbonyl (C=O) groups is 1. The first-order chi connectivity index (χ1) is 13.7. The van der Waals surface area contributed by atoms with E-state index < -0.39 is 10.0 Å². The molecule has 0 bridgehead atoms. The molecule has 29 heavy (non-hydrogen) atoms. The molecule has 0 saturated carbocycles. The zero-order chi connectivity index (χ0) is 21.2. The summed E-state index contributed by atoms with van der Waals surface area (Å²) in [5.41, 5.74) is 0.925. The Bertz CT molecular complexity index is 997. The Morgan fingerprint density at radius 2 is 1.83 bits per heavy atom. The van der Waals surface area contributed by atoms with Crippen LogP contribution in [0.1, 0.15) is 55.1 Å². The zero-order valence-electron chi connectivity index (χ0n) is 17.3. The van der Waals surface area contributed by atoms with Gasteiger partial charge in [0.1, 0.15) is 11.4 Å². The molecule has 0 fully saturated rings. The molecule has 0 aromatic heterocycles. The molecule has 1 heterocycles. The first kappa shape index (κ1) is 21.3. The normalized spacial score (nSPS) is 18.0. The fourth-order valence-corrected chi connectivity index (χ4v) is 4.63. The predicted molar refractivity (Wildman–Crippen MR) is 113 cm³/mol. The van der Waals surface area contributed by atoms with Crippen molar-refractivity contribution in [3.8, 4) is 5.75 Å². The molecule has 0 saturated heterocycles. The highest BCUT2D eigenvalue weighted by Gasteiger charge is 2.39. The average molecular weight is 417 g/mol. The second-order valence-corrected chi connectivity index (χ2v) is 9.73. The van der Waals surface area contributed by atoms with Crippen molar-refractivity contribution in [2.75, 3.05) is 14.1 Å². The van der Waals surface area contributed by atoms with Crippen LogP contribution in [0.5, 0.6) is 5.75 Å². The number of carbonyl (C=O) groups excluding carboxylic acids is 1. The maximum Gasteiger partial charge on any atom is 0.251 e. The summed E-state index contributed by atoms with van der Waals surface area (Å²) in [7, 11) is -0.671. The molecule has 156 valence electrons. The van der Waals surface area contributed by atoms with Crippen LogP contribution in [-0.4, -0.2) is 38.3 Å². The van der Waals surface area contributed by atoms with E-state index in [4.69, 9.17) is 4.74 Å². The standard InChI is InChI=1S/C22H28N2O4S/c1-5-22(6-2)15-19(18-12-7-8-13-20(18)28-22)23-21(25)16-10-9-11-17(14-16)29(26,27)24(3)4/h7-14,19H,5-6,15H2,1-4H3,(H,23,25)/t19-/m0/s1. The number of amides is 1. The van der Waals surface area contributed by atoms with Gasteiger partial charge in [-0.1, -0.05) is 38.1 Å². The van der Waals surface area contributed by atoms with Gasteiger partial charge in [-0.15, -0.1) is 0 Å². The van der Waals surface area contributed by atoms with Crippen molar-refractivity contribution in [1.29, 1.82) is 0 Å². The summed E-state index contributed by atoms with van der Waals surface area (Å²) >= 11 is 0. The van der Waals surface area contributed by atoms with Gasteiger partial charge >= 0.3 is 0 Å². The van der Waals surface area contributed by atoms with Gasteiger partial charge in [-0.2, -0.15) is 0 Å². The molecule has 0 aliphatic carbocycles. The van der Waals surface area contributed by atoms with Crippen LogP contribution in [-0.2, 0) is 10.0 Å². The molecule has 1 N–H and O–H groups in total. The SMILES string of the molecule is CCC1(CC)C[C@H](NC(=O)c2cccc(S(=O)(=O)N(C)C)c2)c2ccccc2O1. The summed E-state index contributed by atoms with van der Waals surface area (Å²) in [6, 6.07) is 13.7. The molecule has 1 atom stereocenters. The van der Waals surface area contributed by atoms with Crippen molar-refractivity contribution in [1.82, 2.24) is 9.62 Å². The van der Waals surface area contributed by atoms with Crippen LogP contribution in [0, 0.1) is 0 Å². The summed E-state index contributed by atoms with van der Waals surface area (Å²) in [6.07, 6.45) is 2.33. The van der Waals surface area contributed by atoms with Crippen LogP contribution in [0.15, 0.2) is 53.4 Å². The van der Waals surface area contributed by atoms with Gasteiger partial charge in [0, 0.05) is 31.6 Å². The van der Waals surface area contributed by atoms with Crippen molar-refractivity contribution in [2.45, 2.75) is 49.6 Å². The Morgan fingerprint density at radius 1 is 1.14 bits per heavy atom. The Morgan fingerprint density at radius 3 is 2.48 bits per heavy atom. The zero-order valence-corrected chi connectivity index (χ0v) is 18.1. The maximum absolute atomic E-state index is 13.0. The molecule has 3 rings (SSSR count). The summed E-state index contributed by atoms with van der Waals surface area (Å²) in [5.74, 6) is 0.486. The molecule has 6 nitrogen and oxygen atoms in total. The van der Waals surface area contributed by atoms with E-state index in [9.17, 15) is 13.2 Å². The number of rotatable bonds is 6. The van der Waals surface area contributed by atoms with Crippen molar-refractivity contribution in [2.24, 2.45) is 0 Å². The van der Waals surface area contributed by atoms with Gasteiger partial charge in [0.15, 0.2) is 0 Å². The number of hydrogen-bond acceptors (Lipinski definition) is 4. The first-order valence-electron chi connectivity index (χ1n) is 9.84. The Labute approximate surface area is 172 Å². The van der Waals surface area contributed by atoms with E-state index in [1.165, 1.54) is 26.2 Å². The van der Waals surface area contributed by atoms with Crippen LogP contribution in [0.3, 0.4) is 0 Å². The van der Waals surface area contributed by atoms with Crippen molar-refractivity contribution < 1.29 is 17.9 Å². The molecule has 0 unspecified atom stereocenters. The number of fused-ring (bicyclic) bond motifs is 1. The third kappa shape index (κ3) is 4.16. The fourth-order valence-electron chi connectivity index (χ4n) is 3.68. The minimum Gasteiger partial charge on any atom is -0.487 e. The topological polar surface area (TPSA) is 75.7 Å². The van der Waals surface area contributed by atoms with E-state index in [2.05, 4.69) is 19.2 Å². The molecule has 1 amide bonds. The van der Waals surface area contributed by atoms with Gasteiger partial charge in [0.05, 0.1) is 10.9 Å². The Hall–Kier alpha value is -2.38. The molecule has 2 aromatic carbocycles. The van der Waals surface area contributed by atoms with Gasteiger partial charge in [0.25, 0.3) is 5.91 Å². The third-order valence-corrected chi connectivity index (χ3v) is 7.48. The lowest BCUT2D eigenvalue weighted by atomic mass is 9.83. The number of ether oxygens (including phenoxy) is 1. The molecule has 2 aromatic rings. The lowest BCUT2D eigenvalue weighted by Crippen LogP contribution is -2.44. The summed E-state index contributed by atoms with van der Waals surface area (Å²) in [6.45, 7) is 4.18. The number of benzene rings is 2. The number of sulfonamides is 1. The van der Waals surface area contributed by atoms with E-state index in [-0.39, 0.29) is 22.4 Å². The van der Waals surface area contributed by atoms with Crippen LogP contribution in [0.4, 0.5) is 0 Å². The highest BCUT2D eigenvalue weighted by molar-refractivity contribution is 7.89. The summed E-state index contributed by atoms with van der Waals surface area (Å²) < 4.78 is 32.2. The van der Waals surface area contributed by atoms with Gasteiger partial charge in [-0.05, 0) is 37.1 Å². The number of para-hydroxylation sites is 1. The number of nitrogens with one attached hydrogen (secondary N) is 1. The quantitative estimate of drug-likeness (QED) is 0.778. The highest BCUT2D eigenvalue weighted by Crippen LogP contribution is 2.42. The van der Waals surface area contributed by atoms with Gasteiger partial charge < -0.3 is 10.1 Å². The monoisotopic (exact) mass is 416 g/mol. The maximum atomic E-state index is 13.0. The number of hydrogen-bond donors (Lipinski definition) is 1. The third-order valence-electron chi connectivity index (χ3n) is 5.67. The second-order valence-electron chi connectivity index (χ2n) is 7.58. The summed E-state index contributed by atoms with van der Waals surface area (Å²) in [4.78, 5) is 13.1. The molecule has 0 spiro atoms. The average Bonchev–Trinajstić information content (AvgIpc) is 2.73. The van der Waals surface area contributed by atoms with Crippen LogP contribution < -0.4 is 10.1 Å². The Kier molecular flexibility index (Phi) is 6.00. The highest BCUT2D eigenvalue weighted by atomic mass is 32.2. The molecular formula is C22H28N2O4S. The predicted octanol–water partition coefficient (Wildman–Crippen LogP) is 3.75. The fraction of sp³-hybridized carbons (Fsp3) is 0.409. The summed E-state index contributed by atoms with van der Waals surface area (Å²) in [5, 5.41) is 3.10. The van der Waals surface area contributed by atoms with Crippen LogP contribution in [0.25, 0.3) is 0 Å². The van der Waals surface area contributed by atoms with Gasteiger partial charge in [0.2, 0.25) is 10.0 Å². The van der Waals surface area contributed by atoms with Crippen LogP contribution >= 0.6 is 0 Å². The van der Waals surface area contributed by atoms with Crippen molar-refractivity contribution in [3.63, 3.8) is 0 Å². The van der Waals surface area contributed by atoms with Crippen molar-refractivity contribution >= 4 is 15.9 Å². The second kappa shape index (κ2) is 8.16. The van der Waals surface area contributed by atoms with Gasteiger partial charge in [-0.3, -0.25) is 4.79 Å². The van der Waals surface area contributed by atoms with E-state index in [0.717, 1.165) is 28.5 Å². The largest absolute Gasteiger partial charge is 0.487 e. The molecule has 1 aliphatic heterocycles. The Balaban J connectivity index is 1.91. The molecule has 7 heteroatoms. The van der Waals surface area contributed by atoms with E-state index >= 15 is 0 Å². The molecule has 0 radical (unpaired) electrons. The van der Waals surface area contributed by atoms with Crippen molar-refractivity contribution in [3.05, 3.63) is 59.7 Å². The lowest BCUT2D eigenvalue weighted by Gasteiger charge is -2.41. The lowest BCUT2D eigenvalue weighted by molar-refractivity contribution is 0.0227. The van der Waals surface area contributed by atoms with Gasteiger partial charge in [-0.25, -0.2) is 12.7 Å². The van der Waals surface area contributed by atoms with Crippen LogP contribution in [0.2, 0.25) is 0 Å². The first-order valence-corrected chi connectivity index (χ1v) is 11.3. The smallest absolute Gasteiger partial charge is 0.251 e. The van der Waals surface area contributed by atoms with E-state index in [1.54, 1.807) is 12.1 Å². The van der Waals surface area contributed by atoms with E-state index in [1.807, 2.05) is 24.3 Å². The van der Waals surface area contributed by atoms with E-state index in [0.29, 0.717) is 12.0 Å². The molecular weight excluding hydrogens is 388 g/mol.